The molecule has 0 aliphatic carbocycles. The van der Waals surface area contributed by atoms with Gasteiger partial charge in [-0.3, -0.25) is 13.8 Å². The highest BCUT2D eigenvalue weighted by molar-refractivity contribution is 7.93. The van der Waals surface area contributed by atoms with E-state index in [9.17, 15) is 21.6 Å². The van der Waals surface area contributed by atoms with Crippen LogP contribution in [0.5, 0.6) is 5.75 Å². The van der Waals surface area contributed by atoms with Crippen LogP contribution in [0.3, 0.4) is 0 Å². The fourth-order valence-electron chi connectivity index (χ4n) is 4.43. The molecule has 0 saturated carbocycles. The van der Waals surface area contributed by atoms with Gasteiger partial charge in [0.25, 0.3) is 20.0 Å². The average Bonchev–Trinajstić information content (AvgIpc) is 2.91. The number of aryl methyl sites for hydroxylation is 1. The van der Waals surface area contributed by atoms with E-state index in [2.05, 4.69) is 10.0 Å². The molecule has 9 nitrogen and oxygen atoms in total. The molecule has 5 rings (SSSR count). The van der Waals surface area contributed by atoms with Crippen molar-refractivity contribution >= 4 is 54.6 Å². The molecule has 0 spiro atoms. The first-order valence-electron chi connectivity index (χ1n) is 12.0. The van der Waals surface area contributed by atoms with Gasteiger partial charge in [-0.05, 0) is 73.2 Å². The van der Waals surface area contributed by atoms with Crippen LogP contribution in [0.15, 0.2) is 94.7 Å². The van der Waals surface area contributed by atoms with Gasteiger partial charge in [-0.25, -0.2) is 16.8 Å². The molecule has 0 unspecified atom stereocenters. The Hall–Kier alpha value is -4.06. The zero-order chi connectivity index (χ0) is 28.7. The summed E-state index contributed by atoms with van der Waals surface area (Å²) in [5, 5.41) is 3.07. The smallest absolute Gasteiger partial charge is 0.265 e. The van der Waals surface area contributed by atoms with E-state index in [0.29, 0.717) is 39.0 Å². The first-order valence-corrected chi connectivity index (χ1v) is 15.3. The molecule has 0 bridgehead atoms. The summed E-state index contributed by atoms with van der Waals surface area (Å²) < 4.78 is 61.6. The number of ether oxygens (including phenoxy) is 1. The molecule has 12 heteroatoms. The lowest BCUT2D eigenvalue weighted by atomic mass is 10.0. The summed E-state index contributed by atoms with van der Waals surface area (Å²) in [6.45, 7) is 1.33. The summed E-state index contributed by atoms with van der Waals surface area (Å²) in [6, 6.07) is 22.0. The van der Waals surface area contributed by atoms with Gasteiger partial charge in [0.15, 0.2) is 0 Å². The predicted molar refractivity (Wildman–Crippen MR) is 155 cm³/mol. The Labute approximate surface area is 237 Å². The Kier molecular flexibility index (Phi) is 7.21. The third-order valence-electron chi connectivity index (χ3n) is 6.31. The molecule has 206 valence electrons. The third kappa shape index (κ3) is 5.23. The van der Waals surface area contributed by atoms with Crippen molar-refractivity contribution in [3.05, 3.63) is 95.5 Å². The molecule has 1 aliphatic rings. The van der Waals surface area contributed by atoms with Crippen molar-refractivity contribution in [3.63, 3.8) is 0 Å². The van der Waals surface area contributed by atoms with Gasteiger partial charge in [-0.15, -0.1) is 0 Å². The molecule has 0 atom stereocenters. The lowest BCUT2D eigenvalue weighted by molar-refractivity contribution is -0.114. The molecule has 1 heterocycles. The molecule has 0 aromatic heterocycles. The quantitative estimate of drug-likeness (QED) is 0.299. The Balaban J connectivity index is 1.35. The molecule has 1 amide bonds. The first-order chi connectivity index (χ1) is 19.0. The molecule has 40 heavy (non-hydrogen) atoms. The number of hydrogen-bond acceptors (Lipinski definition) is 6. The van der Waals surface area contributed by atoms with Crippen LogP contribution < -0.4 is 19.1 Å². The van der Waals surface area contributed by atoms with Gasteiger partial charge in [-0.1, -0.05) is 35.9 Å². The standard InChI is InChI=1S/C28H24ClN3O6S2/c1-18-7-14-26(38-2)24(15-18)31-39(34,35)21-11-9-20(10-12-21)30-28(33)17-32-25-13-8-19(29)16-23(25)22-5-3-4-6-27(22)40(32,36)37/h3-16,31H,17H2,1-2H3,(H,30,33). The van der Waals surface area contributed by atoms with Crippen molar-refractivity contribution in [2.45, 2.75) is 16.7 Å². The van der Waals surface area contributed by atoms with E-state index in [4.69, 9.17) is 16.3 Å². The van der Waals surface area contributed by atoms with Crippen molar-refractivity contribution in [2.75, 3.05) is 28.0 Å². The summed E-state index contributed by atoms with van der Waals surface area (Å²) in [5.41, 5.74) is 2.87. The minimum atomic E-state index is -4.03. The highest BCUT2D eigenvalue weighted by atomic mass is 35.5. The van der Waals surface area contributed by atoms with E-state index in [1.165, 1.54) is 37.4 Å². The van der Waals surface area contributed by atoms with Gasteiger partial charge in [-0.2, -0.15) is 0 Å². The van der Waals surface area contributed by atoms with Gasteiger partial charge in [0.1, 0.15) is 12.3 Å². The normalized spacial score (nSPS) is 13.6. The second kappa shape index (κ2) is 10.5. The number of sulfonamides is 2. The molecule has 4 aromatic rings. The number of rotatable bonds is 7. The van der Waals surface area contributed by atoms with Crippen LogP contribution in [-0.2, 0) is 24.8 Å². The largest absolute Gasteiger partial charge is 0.495 e. The van der Waals surface area contributed by atoms with E-state index in [1.807, 2.05) is 6.92 Å². The van der Waals surface area contributed by atoms with Crippen LogP contribution in [0.2, 0.25) is 5.02 Å². The lowest BCUT2D eigenvalue weighted by Gasteiger charge is -2.31. The number of nitrogens with zero attached hydrogens (tertiary/aromatic N) is 1. The number of carbonyl (C=O) groups is 1. The minimum Gasteiger partial charge on any atom is -0.495 e. The molecule has 0 saturated heterocycles. The second-order valence-electron chi connectivity index (χ2n) is 9.05. The van der Waals surface area contributed by atoms with Crippen LogP contribution in [0, 0.1) is 6.92 Å². The van der Waals surface area contributed by atoms with Crippen LogP contribution in [0.4, 0.5) is 17.1 Å². The summed E-state index contributed by atoms with van der Waals surface area (Å²) >= 11 is 6.19. The number of amides is 1. The highest BCUT2D eigenvalue weighted by Crippen LogP contribution is 2.43. The number of methoxy groups -OCH3 is 1. The van der Waals surface area contributed by atoms with Crippen LogP contribution >= 0.6 is 11.6 Å². The summed E-state index contributed by atoms with van der Waals surface area (Å²) in [7, 11) is -6.54. The zero-order valence-electron chi connectivity index (χ0n) is 21.4. The van der Waals surface area contributed by atoms with E-state index in [0.717, 1.165) is 9.87 Å². The first kappa shape index (κ1) is 27.5. The average molecular weight is 598 g/mol. The highest BCUT2D eigenvalue weighted by Gasteiger charge is 2.36. The number of fused-ring (bicyclic) bond motifs is 3. The number of anilines is 3. The second-order valence-corrected chi connectivity index (χ2v) is 13.0. The number of hydrogen-bond donors (Lipinski definition) is 2. The van der Waals surface area contributed by atoms with Gasteiger partial charge in [0.2, 0.25) is 5.91 Å². The third-order valence-corrected chi connectivity index (χ3v) is 9.74. The van der Waals surface area contributed by atoms with E-state index in [1.54, 1.807) is 54.6 Å². The maximum atomic E-state index is 13.4. The summed E-state index contributed by atoms with van der Waals surface area (Å²) in [5.74, 6) is -0.237. The Morgan fingerprint density at radius 3 is 2.40 bits per heavy atom. The van der Waals surface area contributed by atoms with Gasteiger partial charge >= 0.3 is 0 Å². The van der Waals surface area contributed by atoms with Crippen LogP contribution in [0.1, 0.15) is 5.56 Å². The zero-order valence-corrected chi connectivity index (χ0v) is 23.8. The maximum absolute atomic E-state index is 13.4. The van der Waals surface area contributed by atoms with E-state index >= 15 is 0 Å². The van der Waals surface area contributed by atoms with Crippen molar-refractivity contribution < 1.29 is 26.4 Å². The van der Waals surface area contributed by atoms with E-state index in [-0.39, 0.29) is 9.79 Å². The number of carbonyl (C=O) groups excluding carboxylic acids is 1. The van der Waals surface area contributed by atoms with Gasteiger partial charge in [0.05, 0.1) is 28.3 Å². The monoisotopic (exact) mass is 597 g/mol. The molecule has 2 N–H and O–H groups in total. The Bertz CT molecular complexity index is 1840. The van der Waals surface area contributed by atoms with E-state index < -0.39 is 32.5 Å². The Morgan fingerprint density at radius 2 is 1.68 bits per heavy atom. The fraction of sp³-hybridized carbons (Fsp3) is 0.107. The molecule has 1 aliphatic heterocycles. The Morgan fingerprint density at radius 1 is 0.950 bits per heavy atom. The number of benzene rings is 4. The fourth-order valence-corrected chi connectivity index (χ4v) is 7.31. The molecule has 0 fully saturated rings. The molecule has 4 aromatic carbocycles. The number of nitrogens with one attached hydrogen (secondary N) is 2. The van der Waals surface area contributed by atoms with Crippen molar-refractivity contribution in [1.82, 2.24) is 0 Å². The van der Waals surface area contributed by atoms with Gasteiger partial charge in [0, 0.05) is 21.8 Å². The molecular formula is C28H24ClN3O6S2. The lowest BCUT2D eigenvalue weighted by Crippen LogP contribution is -2.40. The van der Waals surface area contributed by atoms with Gasteiger partial charge < -0.3 is 10.1 Å². The molecular weight excluding hydrogens is 574 g/mol. The summed E-state index contributed by atoms with van der Waals surface area (Å²) in [6.07, 6.45) is 0. The predicted octanol–water partition coefficient (Wildman–Crippen LogP) is 5.27. The van der Waals surface area contributed by atoms with Crippen molar-refractivity contribution in [2.24, 2.45) is 0 Å². The van der Waals surface area contributed by atoms with Crippen molar-refractivity contribution in [1.29, 1.82) is 0 Å². The topological polar surface area (TPSA) is 122 Å². The SMILES string of the molecule is COc1ccc(C)cc1NS(=O)(=O)c1ccc(NC(=O)CN2c3ccc(Cl)cc3-c3ccccc3S2(=O)=O)cc1. The van der Waals surface area contributed by atoms with Crippen molar-refractivity contribution in [3.8, 4) is 16.9 Å². The molecule has 0 radical (unpaired) electrons. The maximum Gasteiger partial charge on any atom is 0.265 e. The summed E-state index contributed by atoms with van der Waals surface area (Å²) in [4.78, 5) is 13.0. The van der Waals surface area contributed by atoms with Crippen LogP contribution in [0.25, 0.3) is 11.1 Å². The van der Waals surface area contributed by atoms with Crippen LogP contribution in [-0.4, -0.2) is 36.4 Å². The number of halogens is 1. The minimum absolute atomic E-state index is 0.0323.